The minimum Gasteiger partial charge on any atom is -0.320 e. The SMILES string of the molecule is Cn1cnnc1[C@@H](c1cccc(-n2cc3c(C(F)(F)F)cc(CN4C5CCC4CNC5)cn3c2=O)c1)C1CCC1. The zero-order valence-corrected chi connectivity index (χ0v) is 22.3. The molecule has 2 saturated heterocycles. The predicted octanol–water partition coefficient (Wildman–Crippen LogP) is 4.11. The Labute approximate surface area is 229 Å². The van der Waals surface area contributed by atoms with Crippen molar-refractivity contribution in [1.29, 1.82) is 0 Å². The first-order valence-corrected chi connectivity index (χ1v) is 14.0. The number of piperazine rings is 1. The van der Waals surface area contributed by atoms with Crippen LogP contribution in [0.15, 0.2) is 53.8 Å². The number of aryl methyl sites for hydroxylation is 1. The van der Waals surface area contributed by atoms with E-state index in [0.717, 1.165) is 56.6 Å². The number of nitrogens with one attached hydrogen (secondary N) is 1. The summed E-state index contributed by atoms with van der Waals surface area (Å²) in [4.78, 5) is 16.0. The van der Waals surface area contributed by atoms with Crippen molar-refractivity contribution in [1.82, 2.24) is 33.9 Å². The third kappa shape index (κ3) is 4.26. The summed E-state index contributed by atoms with van der Waals surface area (Å²) in [6.45, 7) is 2.07. The number of nitrogens with zero attached hydrogens (tertiary/aromatic N) is 6. The van der Waals surface area contributed by atoms with Gasteiger partial charge in [-0.3, -0.25) is 13.9 Å². The summed E-state index contributed by atoms with van der Waals surface area (Å²) in [5, 5.41) is 11.8. The molecule has 8 nitrogen and oxygen atoms in total. The van der Waals surface area contributed by atoms with Crippen molar-refractivity contribution in [3.8, 4) is 5.69 Å². The summed E-state index contributed by atoms with van der Waals surface area (Å²) in [7, 11) is 1.91. The van der Waals surface area contributed by atoms with E-state index < -0.39 is 17.4 Å². The Kier molecular flexibility index (Phi) is 6.12. The maximum atomic E-state index is 14.3. The molecule has 3 atom stereocenters. The van der Waals surface area contributed by atoms with Crippen molar-refractivity contribution >= 4 is 5.52 Å². The van der Waals surface area contributed by atoms with E-state index in [2.05, 4.69) is 20.4 Å². The molecule has 1 aromatic carbocycles. The number of aromatic nitrogens is 5. The Hall–Kier alpha value is -3.44. The highest BCUT2D eigenvalue weighted by Gasteiger charge is 2.38. The number of pyridine rings is 1. The van der Waals surface area contributed by atoms with E-state index in [1.807, 2.05) is 29.8 Å². The molecule has 5 heterocycles. The van der Waals surface area contributed by atoms with E-state index in [0.29, 0.717) is 35.8 Å². The van der Waals surface area contributed by atoms with E-state index in [1.54, 1.807) is 18.6 Å². The van der Waals surface area contributed by atoms with Crippen LogP contribution in [-0.4, -0.2) is 53.8 Å². The molecule has 1 saturated carbocycles. The van der Waals surface area contributed by atoms with Gasteiger partial charge in [0, 0.05) is 57.1 Å². The van der Waals surface area contributed by atoms with Crippen LogP contribution in [0.25, 0.3) is 11.2 Å². The third-order valence-electron chi connectivity index (χ3n) is 9.18. The van der Waals surface area contributed by atoms with Crippen LogP contribution in [0, 0.1) is 5.92 Å². The fourth-order valence-corrected chi connectivity index (χ4v) is 6.93. The monoisotopic (exact) mass is 551 g/mol. The van der Waals surface area contributed by atoms with Gasteiger partial charge in [0.2, 0.25) is 0 Å². The minimum absolute atomic E-state index is 0.000625. The molecule has 210 valence electrons. The number of imidazole rings is 1. The molecule has 2 bridgehead atoms. The maximum absolute atomic E-state index is 14.3. The van der Waals surface area contributed by atoms with Gasteiger partial charge >= 0.3 is 11.9 Å². The van der Waals surface area contributed by atoms with Gasteiger partial charge in [-0.05, 0) is 60.9 Å². The Balaban J connectivity index is 1.31. The Morgan fingerprint density at radius 3 is 2.50 bits per heavy atom. The zero-order valence-electron chi connectivity index (χ0n) is 22.3. The summed E-state index contributed by atoms with van der Waals surface area (Å²) in [6, 6.07) is 9.38. The van der Waals surface area contributed by atoms with Gasteiger partial charge in [0.15, 0.2) is 0 Å². The number of halogens is 3. The molecule has 1 N–H and O–H groups in total. The topological polar surface area (TPSA) is 72.4 Å². The number of rotatable bonds is 6. The fraction of sp³-hybridized carbons (Fsp3) is 0.483. The molecule has 1 aliphatic carbocycles. The van der Waals surface area contributed by atoms with Gasteiger partial charge < -0.3 is 9.88 Å². The van der Waals surface area contributed by atoms with Gasteiger partial charge in [-0.1, -0.05) is 18.6 Å². The summed E-state index contributed by atoms with van der Waals surface area (Å²) < 4.78 is 47.4. The molecular formula is C29H32F3N7O. The lowest BCUT2D eigenvalue weighted by Gasteiger charge is -2.35. The Morgan fingerprint density at radius 2 is 1.85 bits per heavy atom. The van der Waals surface area contributed by atoms with Gasteiger partial charge in [0.05, 0.1) is 16.8 Å². The third-order valence-corrected chi connectivity index (χ3v) is 9.18. The van der Waals surface area contributed by atoms with Gasteiger partial charge in [0.25, 0.3) is 0 Å². The van der Waals surface area contributed by atoms with Crippen LogP contribution in [0.2, 0.25) is 0 Å². The largest absolute Gasteiger partial charge is 0.418 e. The van der Waals surface area contributed by atoms with Gasteiger partial charge in [-0.2, -0.15) is 13.2 Å². The van der Waals surface area contributed by atoms with E-state index in [1.165, 1.54) is 21.2 Å². The van der Waals surface area contributed by atoms with Crippen LogP contribution >= 0.6 is 0 Å². The molecule has 11 heteroatoms. The van der Waals surface area contributed by atoms with Crippen molar-refractivity contribution in [2.24, 2.45) is 13.0 Å². The number of hydrogen-bond donors (Lipinski definition) is 1. The average molecular weight is 552 g/mol. The van der Waals surface area contributed by atoms with Gasteiger partial charge in [0.1, 0.15) is 12.2 Å². The first-order valence-electron chi connectivity index (χ1n) is 14.0. The van der Waals surface area contributed by atoms with Crippen LogP contribution in [0.5, 0.6) is 0 Å². The second-order valence-corrected chi connectivity index (χ2v) is 11.6. The average Bonchev–Trinajstić information content (AvgIpc) is 3.52. The molecule has 4 aromatic rings. The predicted molar refractivity (Wildman–Crippen MR) is 143 cm³/mol. The van der Waals surface area contributed by atoms with Crippen LogP contribution in [0.4, 0.5) is 13.2 Å². The van der Waals surface area contributed by atoms with Crippen LogP contribution in [-0.2, 0) is 19.8 Å². The highest BCUT2D eigenvalue weighted by Crippen LogP contribution is 2.43. The lowest BCUT2D eigenvalue weighted by molar-refractivity contribution is -0.136. The minimum atomic E-state index is -4.59. The number of hydrogen-bond acceptors (Lipinski definition) is 5. The molecule has 7 rings (SSSR count). The normalized spacial score (nSPS) is 22.6. The van der Waals surface area contributed by atoms with E-state index in [9.17, 15) is 18.0 Å². The number of alkyl halides is 3. The van der Waals surface area contributed by atoms with Crippen LogP contribution in [0.3, 0.4) is 0 Å². The van der Waals surface area contributed by atoms with E-state index >= 15 is 0 Å². The van der Waals surface area contributed by atoms with E-state index in [-0.39, 0.29) is 11.4 Å². The van der Waals surface area contributed by atoms with Crippen LogP contribution < -0.4 is 11.0 Å². The lowest BCUT2D eigenvalue weighted by Crippen LogP contribution is -2.51. The molecule has 2 unspecified atom stereocenters. The number of fused-ring (bicyclic) bond motifs is 3. The summed E-state index contributed by atoms with van der Waals surface area (Å²) in [5.41, 5.74) is 0.574. The molecule has 0 spiro atoms. The molecule has 0 amide bonds. The second kappa shape index (κ2) is 9.59. The Bertz CT molecular complexity index is 1600. The highest BCUT2D eigenvalue weighted by atomic mass is 19.4. The van der Waals surface area contributed by atoms with Crippen molar-refractivity contribution in [2.45, 2.75) is 62.8 Å². The van der Waals surface area contributed by atoms with E-state index in [4.69, 9.17) is 0 Å². The second-order valence-electron chi connectivity index (χ2n) is 11.6. The van der Waals surface area contributed by atoms with Crippen molar-refractivity contribution in [2.75, 3.05) is 13.1 Å². The first-order chi connectivity index (χ1) is 19.3. The summed E-state index contributed by atoms with van der Waals surface area (Å²) in [5.74, 6) is 1.26. The molecular weight excluding hydrogens is 519 g/mol. The molecule has 40 heavy (non-hydrogen) atoms. The Morgan fingerprint density at radius 1 is 1.07 bits per heavy atom. The quantitative estimate of drug-likeness (QED) is 0.391. The van der Waals surface area contributed by atoms with Gasteiger partial charge in [-0.15, -0.1) is 10.2 Å². The maximum Gasteiger partial charge on any atom is 0.418 e. The molecule has 3 fully saturated rings. The summed E-state index contributed by atoms with van der Waals surface area (Å²) in [6.07, 6.45) is 5.37. The highest BCUT2D eigenvalue weighted by molar-refractivity contribution is 5.58. The smallest absolute Gasteiger partial charge is 0.320 e. The first kappa shape index (κ1) is 25.5. The molecule has 3 aromatic heterocycles. The molecule has 2 aliphatic heterocycles. The van der Waals surface area contributed by atoms with Crippen molar-refractivity contribution in [3.05, 3.63) is 82.1 Å². The van der Waals surface area contributed by atoms with Gasteiger partial charge in [-0.25, -0.2) is 4.79 Å². The van der Waals surface area contributed by atoms with Crippen LogP contribution in [0.1, 0.15) is 60.5 Å². The standard InChI is InChI=1S/C29H32F3N7O/c1-36-17-34-35-27(36)26(19-4-2-5-19)20-6-3-7-21(11-20)38-16-25-24(29(30,31)32)10-18(15-39(25)28(38)40)14-37-22-8-9-23(37)13-33-12-22/h3,6-7,10-11,15-17,19,22-23,26,33H,2,4-5,8-9,12-14H2,1H3/t22?,23?,26-/m1/s1. The fourth-order valence-electron chi connectivity index (χ4n) is 6.93. The summed E-state index contributed by atoms with van der Waals surface area (Å²) >= 11 is 0. The van der Waals surface area contributed by atoms with Crippen molar-refractivity contribution in [3.63, 3.8) is 0 Å². The van der Waals surface area contributed by atoms with Crippen molar-refractivity contribution < 1.29 is 13.2 Å². The molecule has 0 radical (unpaired) electrons. The lowest BCUT2D eigenvalue weighted by atomic mass is 9.72. The zero-order chi connectivity index (χ0) is 27.6. The molecule has 3 aliphatic rings. The number of benzene rings is 1.